The Morgan fingerprint density at radius 3 is 1.88 bits per heavy atom. The summed E-state index contributed by atoms with van der Waals surface area (Å²) in [5, 5.41) is 19.3. The molecule has 0 aromatic carbocycles. The van der Waals surface area contributed by atoms with Gasteiger partial charge in [0.1, 0.15) is 0 Å². The van der Waals surface area contributed by atoms with Gasteiger partial charge in [-0.15, -0.1) is 0 Å². The molecule has 0 fully saturated rings. The molecule has 17 heavy (non-hydrogen) atoms. The zero-order chi connectivity index (χ0) is 13.0. The molecule has 0 spiro atoms. The zero-order valence-electron chi connectivity index (χ0n) is 11.6. The Hall–Kier alpha value is -0.340. The van der Waals surface area contributed by atoms with Crippen molar-refractivity contribution in [2.45, 2.75) is 77.2 Å². The van der Waals surface area contributed by atoms with Gasteiger partial charge in [-0.1, -0.05) is 64.5 Å². The number of aliphatic hydroxyl groups is 2. The molecule has 0 heterocycles. The van der Waals surface area contributed by atoms with Gasteiger partial charge in [-0.3, -0.25) is 0 Å². The summed E-state index contributed by atoms with van der Waals surface area (Å²) in [6, 6.07) is 0. The topological polar surface area (TPSA) is 40.5 Å². The van der Waals surface area contributed by atoms with E-state index in [1.807, 2.05) is 12.2 Å². The van der Waals surface area contributed by atoms with Gasteiger partial charge in [0.2, 0.25) is 0 Å². The largest absolute Gasteiger partial charge is 0.396 e. The number of hydrogen-bond donors (Lipinski definition) is 2. The Balaban J connectivity index is 4.13. The molecule has 0 aromatic heterocycles. The van der Waals surface area contributed by atoms with E-state index in [2.05, 4.69) is 13.8 Å². The molecule has 102 valence electrons. The van der Waals surface area contributed by atoms with E-state index in [1.165, 1.54) is 25.7 Å². The van der Waals surface area contributed by atoms with Crippen molar-refractivity contribution in [2.24, 2.45) is 0 Å². The lowest BCUT2D eigenvalue weighted by molar-refractivity contribution is 0.0662. The third-order valence-electron chi connectivity index (χ3n) is 3.15. The zero-order valence-corrected chi connectivity index (χ0v) is 11.6. The predicted octanol–water partition coefficient (Wildman–Crippen LogP) is 3.82. The molecule has 0 bridgehead atoms. The fraction of sp³-hybridized carbons (Fsp3) is 0.867. The van der Waals surface area contributed by atoms with Crippen LogP contribution in [-0.4, -0.2) is 22.4 Å². The normalized spacial score (nSPS) is 12.5. The maximum absolute atomic E-state index is 10.5. The molecule has 0 aliphatic carbocycles. The van der Waals surface area contributed by atoms with Crippen LogP contribution in [0.4, 0.5) is 0 Å². The monoisotopic (exact) mass is 242 g/mol. The highest BCUT2D eigenvalue weighted by atomic mass is 16.3. The Kier molecular flexibility index (Phi) is 10.6. The molecule has 0 saturated carbocycles. The third-order valence-corrected chi connectivity index (χ3v) is 3.15. The van der Waals surface area contributed by atoms with Crippen LogP contribution in [0.1, 0.15) is 71.6 Å². The van der Waals surface area contributed by atoms with Gasteiger partial charge in [0.05, 0.1) is 5.60 Å². The maximum atomic E-state index is 10.5. The molecular weight excluding hydrogens is 212 g/mol. The van der Waals surface area contributed by atoms with Gasteiger partial charge in [-0.2, -0.15) is 0 Å². The SMILES string of the molecule is CCCCCC(O)(/C=C\CCO)CCCCC. The van der Waals surface area contributed by atoms with Crippen molar-refractivity contribution in [2.75, 3.05) is 6.61 Å². The van der Waals surface area contributed by atoms with Crippen LogP contribution in [0.5, 0.6) is 0 Å². The van der Waals surface area contributed by atoms with Crippen molar-refractivity contribution in [3.8, 4) is 0 Å². The van der Waals surface area contributed by atoms with E-state index < -0.39 is 5.60 Å². The second-order valence-corrected chi connectivity index (χ2v) is 4.93. The average Bonchev–Trinajstić information content (AvgIpc) is 2.30. The van der Waals surface area contributed by atoms with Gasteiger partial charge in [0.15, 0.2) is 0 Å². The van der Waals surface area contributed by atoms with Crippen LogP contribution >= 0.6 is 0 Å². The average molecular weight is 242 g/mol. The van der Waals surface area contributed by atoms with Crippen molar-refractivity contribution in [1.29, 1.82) is 0 Å². The molecule has 0 aliphatic rings. The number of aliphatic hydroxyl groups excluding tert-OH is 1. The molecule has 0 unspecified atom stereocenters. The second-order valence-electron chi connectivity index (χ2n) is 4.93. The van der Waals surface area contributed by atoms with Gasteiger partial charge < -0.3 is 10.2 Å². The molecule has 0 amide bonds. The van der Waals surface area contributed by atoms with Crippen LogP contribution in [0.15, 0.2) is 12.2 Å². The first-order valence-electron chi connectivity index (χ1n) is 7.19. The highest BCUT2D eigenvalue weighted by Gasteiger charge is 2.21. The molecule has 0 atom stereocenters. The summed E-state index contributed by atoms with van der Waals surface area (Å²) in [7, 11) is 0. The summed E-state index contributed by atoms with van der Waals surface area (Å²) in [6.07, 6.45) is 13.1. The number of rotatable bonds is 11. The molecule has 2 nitrogen and oxygen atoms in total. The van der Waals surface area contributed by atoms with Crippen molar-refractivity contribution in [3.63, 3.8) is 0 Å². The number of unbranched alkanes of at least 4 members (excludes halogenated alkanes) is 4. The summed E-state index contributed by atoms with van der Waals surface area (Å²) in [4.78, 5) is 0. The Labute approximate surface area is 107 Å². The van der Waals surface area contributed by atoms with E-state index in [9.17, 15) is 5.11 Å². The van der Waals surface area contributed by atoms with Gasteiger partial charge in [-0.05, 0) is 19.3 Å². The van der Waals surface area contributed by atoms with Crippen LogP contribution in [0.2, 0.25) is 0 Å². The van der Waals surface area contributed by atoms with Gasteiger partial charge in [0.25, 0.3) is 0 Å². The number of hydrogen-bond acceptors (Lipinski definition) is 2. The van der Waals surface area contributed by atoms with Crippen LogP contribution in [0, 0.1) is 0 Å². The van der Waals surface area contributed by atoms with Gasteiger partial charge in [0, 0.05) is 6.61 Å². The van der Waals surface area contributed by atoms with Gasteiger partial charge in [-0.25, -0.2) is 0 Å². The minimum atomic E-state index is -0.639. The van der Waals surface area contributed by atoms with Crippen molar-refractivity contribution >= 4 is 0 Å². The second kappa shape index (κ2) is 10.8. The summed E-state index contributed by atoms with van der Waals surface area (Å²) in [6.45, 7) is 4.52. The quantitative estimate of drug-likeness (QED) is 0.427. The predicted molar refractivity (Wildman–Crippen MR) is 74.1 cm³/mol. The van der Waals surface area contributed by atoms with Crippen LogP contribution in [0.3, 0.4) is 0 Å². The van der Waals surface area contributed by atoms with Crippen LogP contribution < -0.4 is 0 Å². The van der Waals surface area contributed by atoms with Crippen LogP contribution in [0.25, 0.3) is 0 Å². The van der Waals surface area contributed by atoms with Crippen molar-refractivity contribution in [1.82, 2.24) is 0 Å². The maximum Gasteiger partial charge on any atom is 0.0827 e. The summed E-state index contributed by atoms with van der Waals surface area (Å²) >= 11 is 0. The standard InChI is InChI=1S/C15H30O2/c1-3-5-7-11-15(17,12-8-6-4-2)13-9-10-14-16/h9,13,16-17H,3-8,10-12,14H2,1-2H3/b13-9-. The Morgan fingerprint density at radius 2 is 1.47 bits per heavy atom. The first-order valence-corrected chi connectivity index (χ1v) is 7.19. The van der Waals surface area contributed by atoms with E-state index in [4.69, 9.17) is 5.11 Å². The minimum absolute atomic E-state index is 0.163. The first-order chi connectivity index (χ1) is 8.18. The van der Waals surface area contributed by atoms with E-state index in [1.54, 1.807) is 0 Å². The summed E-state index contributed by atoms with van der Waals surface area (Å²) in [5.41, 5.74) is -0.639. The Bertz CT molecular complexity index is 177. The minimum Gasteiger partial charge on any atom is -0.396 e. The van der Waals surface area contributed by atoms with Crippen molar-refractivity contribution < 1.29 is 10.2 Å². The smallest absolute Gasteiger partial charge is 0.0827 e. The van der Waals surface area contributed by atoms with Crippen molar-refractivity contribution in [3.05, 3.63) is 12.2 Å². The van der Waals surface area contributed by atoms with Gasteiger partial charge >= 0.3 is 0 Å². The lowest BCUT2D eigenvalue weighted by atomic mass is 9.89. The molecule has 0 aliphatic heterocycles. The van der Waals surface area contributed by atoms with E-state index in [0.29, 0.717) is 6.42 Å². The molecule has 0 rings (SSSR count). The molecule has 2 N–H and O–H groups in total. The molecule has 0 saturated heterocycles. The third kappa shape index (κ3) is 9.37. The molecule has 0 aromatic rings. The lowest BCUT2D eigenvalue weighted by Crippen LogP contribution is -2.25. The van der Waals surface area contributed by atoms with Crippen LogP contribution in [-0.2, 0) is 0 Å². The molecule has 2 heteroatoms. The highest BCUT2D eigenvalue weighted by Crippen LogP contribution is 2.24. The lowest BCUT2D eigenvalue weighted by Gasteiger charge is -2.24. The Morgan fingerprint density at radius 1 is 0.941 bits per heavy atom. The highest BCUT2D eigenvalue weighted by molar-refractivity contribution is 5.00. The molecular formula is C15H30O2. The fourth-order valence-corrected chi connectivity index (χ4v) is 2.03. The fourth-order valence-electron chi connectivity index (χ4n) is 2.03. The first kappa shape index (κ1) is 16.7. The summed E-state index contributed by atoms with van der Waals surface area (Å²) in [5.74, 6) is 0. The van der Waals surface area contributed by atoms with E-state index >= 15 is 0 Å². The van der Waals surface area contributed by atoms with E-state index in [0.717, 1.165) is 25.7 Å². The van der Waals surface area contributed by atoms with E-state index in [-0.39, 0.29) is 6.61 Å². The molecule has 0 radical (unpaired) electrons. The summed E-state index contributed by atoms with van der Waals surface area (Å²) < 4.78 is 0.